The standard InChI is InChI=1S/C36H52FN3O9/c1-18-22(46-32(43)28(42)27(38-7)26-21(37)11-10-14-39-26)15-36(44)19(2)30-34(6,13-12-23-35(30,17-45-23)49-20(3)41)31-29(25(18)33(36,4)5)47-24(48-31)16-40(8)9/h10-11,14,19,22-24,27-31,38,42,44H,12-13,15-17H2,1-9H3/t19-,22-,23+,24+,27-,28+,29+,30-,31+,34+,35-,36+/m0/s1/i42T. The number of carbonyl (C=O) groups is 2. The summed E-state index contributed by atoms with van der Waals surface area (Å²) >= 11 is 0. The van der Waals surface area contributed by atoms with Gasteiger partial charge in [0.1, 0.15) is 24.1 Å². The zero-order valence-corrected chi connectivity index (χ0v) is 29.9. The number of hydrogen-bond donors (Lipinski definition) is 3. The number of aliphatic hydroxyl groups is 2. The number of nitrogens with one attached hydrogen (secondary N) is 1. The van der Waals surface area contributed by atoms with Crippen LogP contribution in [0.5, 0.6) is 0 Å². The molecule has 0 radical (unpaired) electrons. The van der Waals surface area contributed by atoms with E-state index in [1.165, 1.54) is 32.3 Å². The third-order valence-electron chi connectivity index (χ3n) is 12.5. The molecule has 6 rings (SSSR count). The van der Waals surface area contributed by atoms with Gasteiger partial charge in [0, 0.05) is 42.8 Å². The molecule has 0 spiro atoms. The van der Waals surface area contributed by atoms with Crippen molar-refractivity contribution in [3.8, 4) is 0 Å². The molecular weight excluding hydrogens is 637 g/mol. The van der Waals surface area contributed by atoms with E-state index in [0.717, 1.165) is 5.57 Å². The molecule has 4 fully saturated rings. The van der Waals surface area contributed by atoms with Crippen molar-refractivity contribution in [3.63, 3.8) is 0 Å². The Morgan fingerprint density at radius 1 is 1.29 bits per heavy atom. The highest BCUT2D eigenvalue weighted by molar-refractivity contribution is 5.76. The Kier molecular flexibility index (Phi) is 8.98. The number of hydrogen-bond acceptors (Lipinski definition) is 12. The Bertz CT molecular complexity index is 1530. The summed E-state index contributed by atoms with van der Waals surface area (Å²) in [5.41, 5.74) is -2.69. The van der Waals surface area contributed by atoms with Crippen LogP contribution in [-0.2, 0) is 33.3 Å². The summed E-state index contributed by atoms with van der Waals surface area (Å²) in [5.74, 6) is -2.96. The molecule has 0 amide bonds. The summed E-state index contributed by atoms with van der Waals surface area (Å²) in [4.78, 5) is 32.8. The molecule has 2 aliphatic heterocycles. The highest BCUT2D eigenvalue weighted by Crippen LogP contribution is 2.67. The van der Waals surface area contributed by atoms with Crippen LogP contribution in [-0.4, -0.2) is 116 Å². The van der Waals surface area contributed by atoms with E-state index in [9.17, 15) is 19.1 Å². The Labute approximate surface area is 289 Å². The fourth-order valence-corrected chi connectivity index (χ4v) is 10.2. The lowest BCUT2D eigenvalue weighted by Crippen LogP contribution is -2.77. The zero-order valence-electron chi connectivity index (χ0n) is 30.9. The summed E-state index contributed by atoms with van der Waals surface area (Å²) in [6.45, 7) is 12.1. The van der Waals surface area contributed by atoms with Crippen LogP contribution < -0.4 is 5.32 Å². The maximum absolute atomic E-state index is 14.8. The minimum atomic E-state index is -1.58. The van der Waals surface area contributed by atoms with Gasteiger partial charge in [0.05, 0.1) is 30.0 Å². The highest BCUT2D eigenvalue weighted by atomic mass is 19.1. The number of carbonyl (C=O) groups excluding carboxylic acids is 2. The molecule has 1 aromatic rings. The molecule has 0 unspecified atom stereocenters. The molecule has 5 aliphatic rings. The van der Waals surface area contributed by atoms with E-state index in [1.807, 2.05) is 46.7 Å². The molecule has 49 heavy (non-hydrogen) atoms. The molecule has 12 nitrogen and oxygen atoms in total. The largest absolute Gasteiger partial charge is 0.456 e. The van der Waals surface area contributed by atoms with Crippen LogP contribution in [0.2, 0.25) is 0 Å². The summed E-state index contributed by atoms with van der Waals surface area (Å²) in [6.07, 6.45) is -1.89. The molecule has 13 heteroatoms. The van der Waals surface area contributed by atoms with Gasteiger partial charge in [-0.3, -0.25) is 9.78 Å². The minimum Gasteiger partial charge on any atom is -0.456 e. The quantitative estimate of drug-likeness (QED) is 0.258. The summed E-state index contributed by atoms with van der Waals surface area (Å²) in [7, 11) is 5.39. The fourth-order valence-electron chi connectivity index (χ4n) is 10.2. The monoisotopic (exact) mass is 691 g/mol. The number of ether oxygens (including phenoxy) is 5. The lowest BCUT2D eigenvalue weighted by atomic mass is 9.43. The predicted octanol–water partition coefficient (Wildman–Crippen LogP) is 2.67. The van der Waals surface area contributed by atoms with Crippen molar-refractivity contribution in [1.29, 1.82) is 1.43 Å². The first-order valence-corrected chi connectivity index (χ1v) is 17.3. The van der Waals surface area contributed by atoms with Crippen molar-refractivity contribution in [1.82, 2.24) is 15.2 Å². The van der Waals surface area contributed by atoms with Crippen molar-refractivity contribution < 1.29 is 47.9 Å². The number of aliphatic hydroxyl groups excluding tert-OH is 1. The zero-order chi connectivity index (χ0) is 36.6. The second kappa shape index (κ2) is 12.6. The highest BCUT2D eigenvalue weighted by Gasteiger charge is 2.75. The third-order valence-corrected chi connectivity index (χ3v) is 12.5. The first-order chi connectivity index (χ1) is 23.5. The van der Waals surface area contributed by atoms with Crippen LogP contribution in [0.1, 0.15) is 72.5 Å². The number of halogens is 1. The molecule has 1 aromatic heterocycles. The van der Waals surface area contributed by atoms with Gasteiger partial charge >= 0.3 is 11.9 Å². The van der Waals surface area contributed by atoms with Crippen LogP contribution in [0.3, 0.4) is 0 Å². The Balaban J connectivity index is 1.47. The van der Waals surface area contributed by atoms with Crippen molar-refractivity contribution >= 4 is 11.9 Å². The van der Waals surface area contributed by atoms with E-state index in [-0.39, 0.29) is 24.8 Å². The number of pyridine rings is 1. The fraction of sp³-hybridized carbons (Fsp3) is 0.750. The maximum atomic E-state index is 14.8. The van der Waals surface area contributed by atoms with E-state index < -0.39 is 88.4 Å². The SMILES string of the molecule is [3H]O[C@@H](C(=O)O[C@H]1C[C@@]2(O)[C@@H](C)[C@H]3[C@@](C)(CC[C@H]4OC[C@]43OC(C)=O)[C@@H]3O[C@H](CN(C)C)O[C@@H]3C(=C1C)C2(C)C)[C@@H](NC)c1ncccc1F. The number of rotatable bonds is 9. The van der Waals surface area contributed by atoms with Crippen LogP contribution in [0, 0.1) is 28.5 Å². The maximum Gasteiger partial charge on any atom is 0.337 e. The van der Waals surface area contributed by atoms with Gasteiger partial charge in [-0.2, -0.15) is 0 Å². The summed E-state index contributed by atoms with van der Waals surface area (Å²) < 4.78 is 54.8. The van der Waals surface area contributed by atoms with Gasteiger partial charge in [-0.05, 0) is 70.1 Å². The van der Waals surface area contributed by atoms with E-state index in [2.05, 4.69) is 17.2 Å². The van der Waals surface area contributed by atoms with Gasteiger partial charge in [-0.25, -0.2) is 9.18 Å². The molecule has 2 saturated carbocycles. The Morgan fingerprint density at radius 3 is 2.61 bits per heavy atom. The lowest BCUT2D eigenvalue weighted by Gasteiger charge is -2.68. The number of likely N-dealkylation sites (N-methyl/N-ethyl adjacent to an activating group) is 2. The Morgan fingerprint density at radius 2 is 2.02 bits per heavy atom. The Hall–Kier alpha value is -2.52. The second-order valence-electron chi connectivity index (χ2n) is 15.8. The van der Waals surface area contributed by atoms with E-state index in [1.54, 1.807) is 0 Å². The average Bonchev–Trinajstić information content (AvgIpc) is 3.43. The van der Waals surface area contributed by atoms with Crippen LogP contribution in [0.15, 0.2) is 29.5 Å². The molecular formula is C36H52FN3O9. The topological polar surface area (TPSA) is 149 Å². The first kappa shape index (κ1) is 34.9. The van der Waals surface area contributed by atoms with Gasteiger partial charge in [-0.15, -0.1) is 0 Å². The van der Waals surface area contributed by atoms with E-state index in [4.69, 9.17) is 30.2 Å². The third kappa shape index (κ3) is 5.46. The van der Waals surface area contributed by atoms with Gasteiger partial charge in [0.15, 0.2) is 18.0 Å². The second-order valence-corrected chi connectivity index (χ2v) is 15.8. The summed E-state index contributed by atoms with van der Waals surface area (Å²) in [6, 6.07) is 1.51. The number of nitrogens with zero attached hydrogens (tertiary/aromatic N) is 2. The molecule has 2 saturated heterocycles. The molecule has 3 heterocycles. The normalized spacial score (nSPS) is 40.8. The summed E-state index contributed by atoms with van der Waals surface area (Å²) in [5, 5.41) is 21.0. The molecule has 3 aliphatic carbocycles. The van der Waals surface area contributed by atoms with E-state index in [0.29, 0.717) is 25.0 Å². The lowest BCUT2D eigenvalue weighted by molar-refractivity contribution is -0.337. The predicted molar refractivity (Wildman–Crippen MR) is 174 cm³/mol. The molecule has 3 N–H and O–H groups in total. The average molecular weight is 692 g/mol. The van der Waals surface area contributed by atoms with Crippen molar-refractivity contribution in [2.75, 3.05) is 34.3 Å². The van der Waals surface area contributed by atoms with Gasteiger partial charge < -0.3 is 44.1 Å². The smallest absolute Gasteiger partial charge is 0.337 e. The molecule has 272 valence electrons. The number of fused-ring (bicyclic) bond motifs is 8. The van der Waals surface area contributed by atoms with Crippen LogP contribution in [0.25, 0.3) is 0 Å². The minimum absolute atomic E-state index is 0.00273. The van der Waals surface area contributed by atoms with Gasteiger partial charge in [0.25, 0.3) is 0 Å². The number of esters is 2. The number of aromatic nitrogens is 1. The molecule has 0 aromatic carbocycles. The molecule has 12 atom stereocenters. The van der Waals surface area contributed by atoms with Crippen molar-refractivity contribution in [2.24, 2.45) is 22.7 Å². The first-order valence-electron chi connectivity index (χ1n) is 17.7. The van der Waals surface area contributed by atoms with Gasteiger partial charge in [0.2, 0.25) is 1.43 Å². The molecule has 2 bridgehead atoms. The van der Waals surface area contributed by atoms with Crippen LogP contribution in [0.4, 0.5) is 4.39 Å². The van der Waals surface area contributed by atoms with Gasteiger partial charge in [-0.1, -0.05) is 27.7 Å². The van der Waals surface area contributed by atoms with Crippen LogP contribution >= 0.6 is 0 Å². The van der Waals surface area contributed by atoms with Crippen molar-refractivity contribution in [3.05, 3.63) is 41.0 Å². The van der Waals surface area contributed by atoms with E-state index >= 15 is 0 Å². The van der Waals surface area contributed by atoms with Crippen molar-refractivity contribution in [2.45, 2.75) is 115 Å².